The van der Waals surface area contributed by atoms with E-state index in [0.29, 0.717) is 49.6 Å². The summed E-state index contributed by atoms with van der Waals surface area (Å²) in [4.78, 5) is 18.7. The molecular weight excluding hydrogens is 601 g/mol. The van der Waals surface area contributed by atoms with Crippen molar-refractivity contribution in [3.05, 3.63) is 109 Å². The zero-order chi connectivity index (χ0) is 31.0. The van der Waals surface area contributed by atoms with Crippen LogP contribution in [0.5, 0.6) is 23.0 Å². The minimum absolute atomic E-state index is 0.184. The van der Waals surface area contributed by atoms with Crippen LogP contribution in [0.1, 0.15) is 42.0 Å². The molecule has 0 saturated carbocycles. The van der Waals surface area contributed by atoms with Gasteiger partial charge >= 0.3 is 0 Å². The third kappa shape index (κ3) is 5.70. The molecule has 6 rings (SSSR count). The van der Waals surface area contributed by atoms with Gasteiger partial charge in [-0.2, -0.15) is 9.78 Å². The van der Waals surface area contributed by atoms with Crippen LogP contribution in [0.2, 0.25) is 10.0 Å². The summed E-state index contributed by atoms with van der Waals surface area (Å²) in [7, 11) is 1.65. The van der Waals surface area contributed by atoms with Gasteiger partial charge in [-0.3, -0.25) is 4.79 Å². The fraction of sp³-hybridized carbons (Fsp3) is 0.206. The number of hydrogen-bond acceptors (Lipinski definition) is 7. The van der Waals surface area contributed by atoms with Gasteiger partial charge in [0.2, 0.25) is 6.79 Å². The van der Waals surface area contributed by atoms with Gasteiger partial charge in [-0.25, -0.2) is 4.98 Å². The Kier molecular flexibility index (Phi) is 8.21. The summed E-state index contributed by atoms with van der Waals surface area (Å²) in [6.07, 6.45) is 1.53. The molecule has 1 aliphatic rings. The molecule has 0 saturated heterocycles. The third-order valence-corrected chi connectivity index (χ3v) is 7.92. The first-order valence-electron chi connectivity index (χ1n) is 14.0. The molecule has 1 aliphatic heterocycles. The molecule has 4 aromatic carbocycles. The molecule has 2 heterocycles. The van der Waals surface area contributed by atoms with Crippen molar-refractivity contribution in [2.24, 2.45) is 5.10 Å². The molecule has 0 atom stereocenters. The number of aryl methyl sites for hydroxylation is 1. The maximum atomic E-state index is 13.8. The van der Waals surface area contributed by atoms with Crippen molar-refractivity contribution in [1.29, 1.82) is 0 Å². The van der Waals surface area contributed by atoms with Crippen LogP contribution in [0.3, 0.4) is 0 Å². The second kappa shape index (κ2) is 12.2. The summed E-state index contributed by atoms with van der Waals surface area (Å²) in [6, 6.07) is 20.1. The standard InChI is InChI=1S/C34H29Cl2N3O5/c1-19(2)24-15-25(20(3)11-30(24)41-4)33-38-28-8-6-5-7-23(28)34(40)39(33)37-16-22-12-26(35)32(27(36)13-22)42-17-21-9-10-29-31(14-21)44-18-43-29/h5-16,19H,17-18H2,1-4H3. The van der Waals surface area contributed by atoms with E-state index in [4.69, 9.17) is 47.1 Å². The number of halogens is 2. The minimum atomic E-state index is -0.302. The van der Waals surface area contributed by atoms with Gasteiger partial charge in [-0.05, 0) is 83.6 Å². The van der Waals surface area contributed by atoms with Crippen molar-refractivity contribution in [2.45, 2.75) is 33.3 Å². The first-order chi connectivity index (χ1) is 21.2. The van der Waals surface area contributed by atoms with E-state index in [1.807, 2.05) is 49.4 Å². The zero-order valence-corrected chi connectivity index (χ0v) is 26.1. The van der Waals surface area contributed by atoms with Crippen LogP contribution in [0.15, 0.2) is 76.6 Å². The number of para-hydroxylation sites is 1. The molecule has 1 aromatic heterocycles. The number of methoxy groups -OCH3 is 1. The monoisotopic (exact) mass is 629 g/mol. The third-order valence-electron chi connectivity index (χ3n) is 7.36. The maximum Gasteiger partial charge on any atom is 0.282 e. The van der Waals surface area contributed by atoms with E-state index in [2.05, 4.69) is 18.9 Å². The van der Waals surface area contributed by atoms with Gasteiger partial charge in [0, 0.05) is 5.56 Å². The lowest BCUT2D eigenvalue weighted by Gasteiger charge is -2.17. The zero-order valence-electron chi connectivity index (χ0n) is 24.6. The Labute approximate surface area is 264 Å². The Bertz CT molecular complexity index is 1960. The van der Waals surface area contributed by atoms with E-state index in [9.17, 15) is 4.79 Å². The average Bonchev–Trinajstić information content (AvgIpc) is 3.48. The predicted molar refractivity (Wildman–Crippen MR) is 173 cm³/mol. The molecular formula is C34H29Cl2N3O5. The van der Waals surface area contributed by atoms with Gasteiger partial charge in [0.1, 0.15) is 12.4 Å². The van der Waals surface area contributed by atoms with Crippen LogP contribution in [0.4, 0.5) is 0 Å². The van der Waals surface area contributed by atoms with Crippen LogP contribution in [0, 0.1) is 6.92 Å². The second-order valence-corrected chi connectivity index (χ2v) is 11.5. The van der Waals surface area contributed by atoms with E-state index in [1.54, 1.807) is 31.4 Å². The molecule has 0 bridgehead atoms. The number of nitrogens with zero attached hydrogens (tertiary/aromatic N) is 3. The summed E-state index contributed by atoms with van der Waals surface area (Å²) in [6.45, 7) is 6.56. The quantitative estimate of drug-likeness (QED) is 0.162. The number of ether oxygens (including phenoxy) is 4. The van der Waals surface area contributed by atoms with E-state index < -0.39 is 0 Å². The molecule has 8 nitrogen and oxygen atoms in total. The fourth-order valence-electron chi connectivity index (χ4n) is 5.07. The van der Waals surface area contributed by atoms with Crippen molar-refractivity contribution in [3.63, 3.8) is 0 Å². The number of fused-ring (bicyclic) bond motifs is 2. The highest BCUT2D eigenvalue weighted by molar-refractivity contribution is 6.37. The molecule has 5 aromatic rings. The van der Waals surface area contributed by atoms with E-state index in [1.165, 1.54) is 10.9 Å². The van der Waals surface area contributed by atoms with Crippen molar-refractivity contribution in [2.75, 3.05) is 13.9 Å². The van der Waals surface area contributed by atoms with E-state index in [0.717, 1.165) is 28.0 Å². The Morgan fingerprint density at radius 1 is 1.02 bits per heavy atom. The number of hydrogen-bond donors (Lipinski definition) is 0. The molecule has 10 heteroatoms. The molecule has 0 fully saturated rings. The van der Waals surface area contributed by atoms with Crippen molar-refractivity contribution < 1.29 is 18.9 Å². The fourth-order valence-corrected chi connectivity index (χ4v) is 5.69. The molecule has 0 radical (unpaired) electrons. The first-order valence-corrected chi connectivity index (χ1v) is 14.7. The van der Waals surface area contributed by atoms with E-state index in [-0.39, 0.29) is 24.9 Å². The SMILES string of the molecule is COc1cc(C)c(-c2nc3ccccc3c(=O)n2N=Cc2cc(Cl)c(OCc3ccc4c(c3)OCO4)c(Cl)c2)cc1C(C)C. The number of rotatable bonds is 8. The average molecular weight is 631 g/mol. The summed E-state index contributed by atoms with van der Waals surface area (Å²) >= 11 is 13.2. The Morgan fingerprint density at radius 3 is 2.52 bits per heavy atom. The Morgan fingerprint density at radius 2 is 1.77 bits per heavy atom. The molecule has 0 aliphatic carbocycles. The van der Waals surface area contributed by atoms with Crippen LogP contribution in [-0.4, -0.2) is 29.8 Å². The lowest BCUT2D eigenvalue weighted by molar-refractivity contribution is 0.174. The highest BCUT2D eigenvalue weighted by atomic mass is 35.5. The van der Waals surface area contributed by atoms with Gasteiger partial charge in [-0.1, -0.05) is 55.2 Å². The van der Waals surface area contributed by atoms with Gasteiger partial charge in [0.25, 0.3) is 5.56 Å². The Balaban J connectivity index is 1.36. The number of aromatic nitrogens is 2. The Hall–Kier alpha value is -4.53. The minimum Gasteiger partial charge on any atom is -0.496 e. The summed E-state index contributed by atoms with van der Waals surface area (Å²) < 4.78 is 23.7. The van der Waals surface area contributed by atoms with Crippen molar-refractivity contribution in [1.82, 2.24) is 9.66 Å². The van der Waals surface area contributed by atoms with Crippen LogP contribution in [-0.2, 0) is 6.61 Å². The first kappa shape index (κ1) is 29.5. The molecule has 0 amide bonds. The smallest absolute Gasteiger partial charge is 0.282 e. The molecule has 0 spiro atoms. The van der Waals surface area contributed by atoms with Crippen LogP contribution in [0.25, 0.3) is 22.3 Å². The maximum absolute atomic E-state index is 13.8. The van der Waals surface area contributed by atoms with Crippen LogP contribution < -0.4 is 24.5 Å². The molecule has 0 N–H and O–H groups in total. The van der Waals surface area contributed by atoms with Gasteiger partial charge in [-0.15, -0.1) is 0 Å². The van der Waals surface area contributed by atoms with E-state index >= 15 is 0 Å². The topological polar surface area (TPSA) is 84.2 Å². The normalized spacial score (nSPS) is 12.4. The summed E-state index contributed by atoms with van der Waals surface area (Å²) in [5.74, 6) is 3.07. The van der Waals surface area contributed by atoms with Gasteiger partial charge in [0.05, 0.1) is 34.3 Å². The molecule has 224 valence electrons. The lowest BCUT2D eigenvalue weighted by Crippen LogP contribution is -2.20. The highest BCUT2D eigenvalue weighted by Gasteiger charge is 2.19. The summed E-state index contributed by atoms with van der Waals surface area (Å²) in [5.41, 5.74) is 4.40. The van der Waals surface area contributed by atoms with Crippen LogP contribution >= 0.6 is 23.2 Å². The largest absolute Gasteiger partial charge is 0.496 e. The van der Waals surface area contributed by atoms with Gasteiger partial charge < -0.3 is 18.9 Å². The predicted octanol–water partition coefficient (Wildman–Crippen LogP) is 8.00. The van der Waals surface area contributed by atoms with Crippen molar-refractivity contribution in [3.8, 4) is 34.4 Å². The summed E-state index contributed by atoms with van der Waals surface area (Å²) in [5, 5.41) is 5.66. The van der Waals surface area contributed by atoms with Gasteiger partial charge in [0.15, 0.2) is 23.1 Å². The number of benzene rings is 4. The second-order valence-electron chi connectivity index (χ2n) is 10.7. The highest BCUT2D eigenvalue weighted by Crippen LogP contribution is 2.37. The molecule has 44 heavy (non-hydrogen) atoms. The lowest BCUT2D eigenvalue weighted by atomic mass is 9.96. The molecule has 0 unspecified atom stereocenters. The van der Waals surface area contributed by atoms with Crippen molar-refractivity contribution >= 4 is 40.3 Å².